The molecular formula is C17H29BrN2O. The van der Waals surface area contributed by atoms with E-state index < -0.39 is 0 Å². The van der Waals surface area contributed by atoms with Gasteiger partial charge in [-0.25, -0.2) is 0 Å². The SMILES string of the molecule is CN(CCCCCO)c1ccc(CNC(C)(C)C)cc1Br. The summed E-state index contributed by atoms with van der Waals surface area (Å²) in [5.41, 5.74) is 2.64. The van der Waals surface area contributed by atoms with E-state index in [1.165, 1.54) is 11.3 Å². The molecule has 0 aromatic heterocycles. The molecule has 0 aliphatic heterocycles. The fourth-order valence-electron chi connectivity index (χ4n) is 2.10. The van der Waals surface area contributed by atoms with E-state index in [0.717, 1.165) is 36.8 Å². The largest absolute Gasteiger partial charge is 0.396 e. The van der Waals surface area contributed by atoms with E-state index in [0.29, 0.717) is 6.61 Å². The van der Waals surface area contributed by atoms with E-state index in [1.54, 1.807) is 0 Å². The Hall–Kier alpha value is -0.580. The third-order valence-electron chi connectivity index (χ3n) is 3.40. The average molecular weight is 357 g/mol. The predicted octanol–water partition coefficient (Wildman–Crippen LogP) is 3.94. The number of halogens is 1. The fraction of sp³-hybridized carbons (Fsp3) is 0.647. The minimum Gasteiger partial charge on any atom is -0.396 e. The normalized spacial score (nSPS) is 11.7. The first kappa shape index (κ1) is 18.5. The second-order valence-corrected chi connectivity index (χ2v) is 7.45. The topological polar surface area (TPSA) is 35.5 Å². The van der Waals surface area contributed by atoms with Crippen molar-refractivity contribution in [1.82, 2.24) is 5.32 Å². The molecule has 0 unspecified atom stereocenters. The minimum atomic E-state index is 0.134. The number of rotatable bonds is 8. The van der Waals surface area contributed by atoms with Gasteiger partial charge in [-0.05, 0) is 73.7 Å². The number of hydrogen-bond donors (Lipinski definition) is 2. The van der Waals surface area contributed by atoms with Gasteiger partial charge in [0.05, 0.1) is 5.69 Å². The summed E-state index contributed by atoms with van der Waals surface area (Å²) in [6.45, 7) is 8.72. The van der Waals surface area contributed by atoms with Crippen LogP contribution in [-0.2, 0) is 6.54 Å². The molecule has 0 radical (unpaired) electrons. The van der Waals surface area contributed by atoms with Crippen molar-refractivity contribution in [2.24, 2.45) is 0 Å². The molecule has 1 aromatic rings. The molecule has 1 rings (SSSR count). The zero-order valence-corrected chi connectivity index (χ0v) is 15.3. The fourth-order valence-corrected chi connectivity index (χ4v) is 2.82. The number of unbranched alkanes of at least 4 members (excludes halogenated alkanes) is 2. The van der Waals surface area contributed by atoms with Gasteiger partial charge in [0, 0.05) is 36.8 Å². The summed E-state index contributed by atoms with van der Waals surface area (Å²) in [5, 5.41) is 12.3. The van der Waals surface area contributed by atoms with Gasteiger partial charge < -0.3 is 15.3 Å². The second kappa shape index (κ2) is 8.76. The maximum Gasteiger partial charge on any atom is 0.0508 e. The van der Waals surface area contributed by atoms with Crippen molar-refractivity contribution in [1.29, 1.82) is 0 Å². The summed E-state index contributed by atoms with van der Waals surface area (Å²) in [4.78, 5) is 2.27. The van der Waals surface area contributed by atoms with E-state index >= 15 is 0 Å². The molecule has 0 bridgehead atoms. The Kier molecular flexibility index (Phi) is 7.71. The van der Waals surface area contributed by atoms with Crippen LogP contribution in [0.1, 0.15) is 45.6 Å². The van der Waals surface area contributed by atoms with Gasteiger partial charge in [-0.15, -0.1) is 0 Å². The Bertz CT molecular complexity index is 429. The number of nitrogens with zero attached hydrogens (tertiary/aromatic N) is 1. The van der Waals surface area contributed by atoms with Gasteiger partial charge in [0.25, 0.3) is 0 Å². The van der Waals surface area contributed by atoms with E-state index in [4.69, 9.17) is 5.11 Å². The quantitative estimate of drug-likeness (QED) is 0.692. The van der Waals surface area contributed by atoms with Crippen LogP contribution in [0.3, 0.4) is 0 Å². The lowest BCUT2D eigenvalue weighted by Crippen LogP contribution is -2.35. The molecule has 0 heterocycles. The minimum absolute atomic E-state index is 0.134. The van der Waals surface area contributed by atoms with Crippen LogP contribution >= 0.6 is 15.9 Å². The molecule has 0 aliphatic rings. The second-order valence-electron chi connectivity index (χ2n) is 6.60. The summed E-state index contributed by atoms with van der Waals surface area (Å²) < 4.78 is 1.14. The number of anilines is 1. The summed E-state index contributed by atoms with van der Waals surface area (Å²) in [6.07, 6.45) is 3.08. The smallest absolute Gasteiger partial charge is 0.0508 e. The van der Waals surface area contributed by atoms with Crippen molar-refractivity contribution in [2.75, 3.05) is 25.1 Å². The van der Waals surface area contributed by atoms with Crippen LogP contribution in [0.15, 0.2) is 22.7 Å². The molecule has 0 saturated carbocycles. The third-order valence-corrected chi connectivity index (χ3v) is 4.03. The van der Waals surface area contributed by atoms with Gasteiger partial charge >= 0.3 is 0 Å². The number of nitrogens with one attached hydrogen (secondary N) is 1. The molecule has 4 heteroatoms. The molecule has 21 heavy (non-hydrogen) atoms. The van der Waals surface area contributed by atoms with Crippen LogP contribution in [0, 0.1) is 0 Å². The lowest BCUT2D eigenvalue weighted by atomic mass is 10.1. The maximum atomic E-state index is 8.80. The summed E-state index contributed by atoms with van der Waals surface area (Å²) >= 11 is 3.68. The van der Waals surface area contributed by atoms with Crippen LogP contribution < -0.4 is 10.2 Å². The van der Waals surface area contributed by atoms with Crippen molar-refractivity contribution in [3.05, 3.63) is 28.2 Å². The molecule has 1 aromatic carbocycles. The van der Waals surface area contributed by atoms with E-state index in [1.807, 2.05) is 0 Å². The molecule has 0 spiro atoms. The van der Waals surface area contributed by atoms with Crippen LogP contribution in [0.2, 0.25) is 0 Å². The first-order valence-corrected chi connectivity index (χ1v) is 8.48. The van der Waals surface area contributed by atoms with Crippen molar-refractivity contribution >= 4 is 21.6 Å². The molecule has 0 saturated heterocycles. The molecule has 0 amide bonds. The molecule has 2 N–H and O–H groups in total. The molecule has 3 nitrogen and oxygen atoms in total. The van der Waals surface area contributed by atoms with Crippen molar-refractivity contribution in [3.8, 4) is 0 Å². The monoisotopic (exact) mass is 356 g/mol. The number of hydrogen-bond acceptors (Lipinski definition) is 3. The highest BCUT2D eigenvalue weighted by Crippen LogP contribution is 2.27. The van der Waals surface area contributed by atoms with Crippen molar-refractivity contribution in [2.45, 2.75) is 52.1 Å². The Morgan fingerprint density at radius 3 is 2.48 bits per heavy atom. The van der Waals surface area contributed by atoms with Crippen molar-refractivity contribution < 1.29 is 5.11 Å². The Labute approximate surface area is 137 Å². The van der Waals surface area contributed by atoms with Gasteiger partial charge in [0.2, 0.25) is 0 Å². The standard InChI is InChI=1S/C17H29BrN2O/c1-17(2,3)19-13-14-8-9-16(15(18)12-14)20(4)10-6-5-7-11-21/h8-9,12,19,21H,5-7,10-11,13H2,1-4H3. The van der Waals surface area contributed by atoms with Crippen molar-refractivity contribution in [3.63, 3.8) is 0 Å². The van der Waals surface area contributed by atoms with E-state index in [-0.39, 0.29) is 5.54 Å². The zero-order chi connectivity index (χ0) is 15.9. The summed E-state index contributed by atoms with van der Waals surface area (Å²) in [7, 11) is 2.12. The van der Waals surface area contributed by atoms with E-state index in [2.05, 4.69) is 72.2 Å². The van der Waals surface area contributed by atoms with Gasteiger partial charge in [-0.2, -0.15) is 0 Å². The lowest BCUT2D eigenvalue weighted by Gasteiger charge is -2.23. The predicted molar refractivity (Wildman–Crippen MR) is 94.9 cm³/mol. The maximum absolute atomic E-state index is 8.80. The highest BCUT2D eigenvalue weighted by atomic mass is 79.9. The van der Waals surface area contributed by atoms with Gasteiger partial charge in [0.1, 0.15) is 0 Å². The first-order chi connectivity index (χ1) is 9.83. The summed E-state index contributed by atoms with van der Waals surface area (Å²) in [5.74, 6) is 0. The van der Waals surface area contributed by atoms with Gasteiger partial charge in [-0.3, -0.25) is 0 Å². The molecule has 0 atom stereocenters. The van der Waals surface area contributed by atoms with E-state index in [9.17, 15) is 0 Å². The van der Waals surface area contributed by atoms with Crippen LogP contribution in [-0.4, -0.2) is 30.8 Å². The summed E-state index contributed by atoms with van der Waals surface area (Å²) in [6, 6.07) is 6.55. The Morgan fingerprint density at radius 2 is 1.90 bits per heavy atom. The number of aliphatic hydroxyl groups is 1. The van der Waals surface area contributed by atoms with Crippen LogP contribution in [0.5, 0.6) is 0 Å². The highest BCUT2D eigenvalue weighted by molar-refractivity contribution is 9.10. The third kappa shape index (κ3) is 7.30. The Balaban J connectivity index is 2.56. The number of benzene rings is 1. The van der Waals surface area contributed by atoms with Gasteiger partial charge in [0.15, 0.2) is 0 Å². The number of aliphatic hydroxyl groups excluding tert-OH is 1. The Morgan fingerprint density at radius 1 is 1.19 bits per heavy atom. The molecular weight excluding hydrogens is 328 g/mol. The molecule has 0 fully saturated rings. The lowest BCUT2D eigenvalue weighted by molar-refractivity contribution is 0.283. The molecule has 120 valence electrons. The highest BCUT2D eigenvalue weighted by Gasteiger charge is 2.10. The first-order valence-electron chi connectivity index (χ1n) is 7.69. The zero-order valence-electron chi connectivity index (χ0n) is 13.7. The van der Waals surface area contributed by atoms with Crippen LogP contribution in [0.4, 0.5) is 5.69 Å². The van der Waals surface area contributed by atoms with Gasteiger partial charge in [-0.1, -0.05) is 6.07 Å². The molecule has 0 aliphatic carbocycles. The average Bonchev–Trinajstić information content (AvgIpc) is 2.40. The van der Waals surface area contributed by atoms with Crippen LogP contribution in [0.25, 0.3) is 0 Å².